The van der Waals surface area contributed by atoms with Crippen LogP contribution in [0.2, 0.25) is 0 Å². The summed E-state index contributed by atoms with van der Waals surface area (Å²) in [6.07, 6.45) is -0.340. The number of halogens is 1. The van der Waals surface area contributed by atoms with Crippen LogP contribution in [-0.4, -0.2) is 53.2 Å². The number of rotatable bonds is 4. The Bertz CT molecular complexity index is 346. The molecule has 1 aliphatic rings. The summed E-state index contributed by atoms with van der Waals surface area (Å²) in [5.41, 5.74) is 0. The van der Waals surface area contributed by atoms with E-state index in [0.29, 0.717) is 13.1 Å². The number of hydrogen-bond donors (Lipinski definition) is 1. The van der Waals surface area contributed by atoms with E-state index in [1.807, 2.05) is 0 Å². The fourth-order valence-corrected chi connectivity index (χ4v) is 2.08. The largest absolute Gasteiger partial charge is 0.463 e. The van der Waals surface area contributed by atoms with Crippen LogP contribution < -0.4 is 5.32 Å². The highest BCUT2D eigenvalue weighted by Crippen LogP contribution is 2.11. The molecule has 0 aliphatic carbocycles. The van der Waals surface area contributed by atoms with Gasteiger partial charge in [-0.1, -0.05) is 15.9 Å². The Kier molecular flexibility index (Phi) is 5.58. The summed E-state index contributed by atoms with van der Waals surface area (Å²) in [7, 11) is 0. The van der Waals surface area contributed by atoms with Gasteiger partial charge in [0.1, 0.15) is 6.04 Å². The second-order valence-corrected chi connectivity index (χ2v) is 4.83. The smallest absolute Gasteiger partial charge is 0.308 e. The second kappa shape index (κ2) is 6.72. The molecule has 1 fully saturated rings. The number of hydrogen-bond acceptors (Lipinski definition) is 4. The number of amides is 2. The van der Waals surface area contributed by atoms with Gasteiger partial charge in [0.15, 0.2) is 0 Å². The minimum absolute atomic E-state index is 0.108. The molecule has 2 amide bonds. The minimum Gasteiger partial charge on any atom is -0.463 e. The zero-order chi connectivity index (χ0) is 13.7. The third-order valence-corrected chi connectivity index (χ3v) is 2.97. The molecule has 0 aromatic carbocycles. The van der Waals surface area contributed by atoms with Crippen molar-refractivity contribution in [3.63, 3.8) is 0 Å². The van der Waals surface area contributed by atoms with Crippen molar-refractivity contribution in [2.24, 2.45) is 0 Å². The van der Waals surface area contributed by atoms with Gasteiger partial charge in [0.05, 0.1) is 17.9 Å². The van der Waals surface area contributed by atoms with Crippen LogP contribution in [0.5, 0.6) is 0 Å². The molecule has 0 radical (unpaired) electrons. The van der Waals surface area contributed by atoms with Crippen LogP contribution in [0.4, 0.5) is 0 Å². The third kappa shape index (κ3) is 3.97. The van der Waals surface area contributed by atoms with Gasteiger partial charge in [-0.05, 0) is 13.8 Å². The van der Waals surface area contributed by atoms with Gasteiger partial charge < -0.3 is 15.0 Å². The fourth-order valence-electron chi connectivity index (χ4n) is 1.76. The van der Waals surface area contributed by atoms with Gasteiger partial charge in [-0.25, -0.2) is 0 Å². The number of carbonyl (C=O) groups is 3. The number of nitrogens with one attached hydrogen (secondary N) is 1. The molecule has 1 rings (SSSR count). The summed E-state index contributed by atoms with van der Waals surface area (Å²) < 4.78 is 4.99. The van der Waals surface area contributed by atoms with Crippen LogP contribution >= 0.6 is 15.9 Å². The lowest BCUT2D eigenvalue weighted by atomic mass is 10.1. The number of ether oxygens (including phenoxy) is 1. The number of piperazine rings is 1. The standard InChI is InChI=1S/C11H17BrN2O4/c1-7(2)18-10(16)5-8-11(17)13-3-4-14(8)9(15)6-12/h7-8H,3-6H2,1-2H3,(H,13,17). The molecule has 18 heavy (non-hydrogen) atoms. The lowest BCUT2D eigenvalue weighted by molar-refractivity contribution is -0.153. The highest BCUT2D eigenvalue weighted by molar-refractivity contribution is 9.09. The lowest BCUT2D eigenvalue weighted by Gasteiger charge is -2.34. The number of carbonyl (C=O) groups excluding carboxylic acids is 3. The maximum Gasteiger partial charge on any atom is 0.308 e. The highest BCUT2D eigenvalue weighted by Gasteiger charge is 2.34. The van der Waals surface area contributed by atoms with Crippen LogP contribution in [0.25, 0.3) is 0 Å². The van der Waals surface area contributed by atoms with Crippen LogP contribution in [0.1, 0.15) is 20.3 Å². The zero-order valence-electron chi connectivity index (χ0n) is 10.4. The van der Waals surface area contributed by atoms with E-state index in [1.165, 1.54) is 4.90 Å². The molecular formula is C11H17BrN2O4. The molecule has 0 saturated carbocycles. The molecule has 1 unspecified atom stereocenters. The van der Waals surface area contributed by atoms with Gasteiger partial charge in [0.2, 0.25) is 11.8 Å². The first-order chi connectivity index (χ1) is 8.45. The van der Waals surface area contributed by atoms with E-state index in [2.05, 4.69) is 21.2 Å². The normalized spacial score (nSPS) is 19.7. The van der Waals surface area contributed by atoms with E-state index in [1.54, 1.807) is 13.8 Å². The van der Waals surface area contributed by atoms with Crippen molar-refractivity contribution >= 4 is 33.7 Å². The predicted molar refractivity (Wildman–Crippen MR) is 68.1 cm³/mol. The summed E-state index contributed by atoms with van der Waals surface area (Å²) in [6, 6.07) is -0.768. The molecule has 0 spiro atoms. The fraction of sp³-hybridized carbons (Fsp3) is 0.727. The van der Waals surface area contributed by atoms with E-state index >= 15 is 0 Å². The first-order valence-electron chi connectivity index (χ1n) is 5.78. The van der Waals surface area contributed by atoms with Gasteiger partial charge >= 0.3 is 5.97 Å². The lowest BCUT2D eigenvalue weighted by Crippen LogP contribution is -2.58. The second-order valence-electron chi connectivity index (χ2n) is 4.27. The van der Waals surface area contributed by atoms with E-state index in [4.69, 9.17) is 4.74 Å². The molecule has 1 N–H and O–H groups in total. The van der Waals surface area contributed by atoms with Gasteiger partial charge in [-0.2, -0.15) is 0 Å². The molecule has 1 saturated heterocycles. The van der Waals surface area contributed by atoms with E-state index in [0.717, 1.165) is 0 Å². The first-order valence-corrected chi connectivity index (χ1v) is 6.90. The molecule has 6 nitrogen and oxygen atoms in total. The quantitative estimate of drug-likeness (QED) is 0.586. The maximum absolute atomic E-state index is 11.7. The molecule has 102 valence electrons. The molecule has 1 heterocycles. The zero-order valence-corrected chi connectivity index (χ0v) is 12.0. The Balaban J connectivity index is 2.70. The van der Waals surface area contributed by atoms with Crippen molar-refractivity contribution < 1.29 is 19.1 Å². The van der Waals surface area contributed by atoms with Crippen molar-refractivity contribution in [2.45, 2.75) is 32.4 Å². The summed E-state index contributed by atoms with van der Waals surface area (Å²) >= 11 is 3.07. The van der Waals surface area contributed by atoms with Crippen LogP contribution in [0.15, 0.2) is 0 Å². The van der Waals surface area contributed by atoms with Gasteiger partial charge in [0.25, 0.3) is 0 Å². The van der Waals surface area contributed by atoms with Gasteiger partial charge in [-0.15, -0.1) is 0 Å². The van der Waals surface area contributed by atoms with Crippen molar-refractivity contribution in [1.29, 1.82) is 0 Å². The Morgan fingerprint density at radius 3 is 2.78 bits per heavy atom. The van der Waals surface area contributed by atoms with Crippen LogP contribution in [0, 0.1) is 0 Å². The molecule has 0 aromatic heterocycles. The predicted octanol–water partition coefficient (Wildman–Crippen LogP) is 0.0500. The van der Waals surface area contributed by atoms with Crippen molar-refractivity contribution in [3.05, 3.63) is 0 Å². The summed E-state index contributed by atoms with van der Waals surface area (Å²) in [5.74, 6) is -0.983. The van der Waals surface area contributed by atoms with Crippen molar-refractivity contribution in [1.82, 2.24) is 10.2 Å². The molecule has 1 aliphatic heterocycles. The van der Waals surface area contributed by atoms with Gasteiger partial charge in [-0.3, -0.25) is 14.4 Å². The number of nitrogens with zero attached hydrogens (tertiary/aromatic N) is 1. The highest BCUT2D eigenvalue weighted by atomic mass is 79.9. The van der Waals surface area contributed by atoms with Crippen LogP contribution in [0.3, 0.4) is 0 Å². The Morgan fingerprint density at radius 1 is 1.56 bits per heavy atom. The Morgan fingerprint density at radius 2 is 2.22 bits per heavy atom. The third-order valence-electron chi connectivity index (χ3n) is 2.49. The topological polar surface area (TPSA) is 75.7 Å². The number of esters is 1. The molecular weight excluding hydrogens is 304 g/mol. The maximum atomic E-state index is 11.7. The summed E-state index contributed by atoms with van der Waals surface area (Å²) in [4.78, 5) is 36.4. The molecule has 7 heteroatoms. The van der Waals surface area contributed by atoms with Crippen molar-refractivity contribution in [3.8, 4) is 0 Å². The number of alkyl halides is 1. The Hall–Kier alpha value is -1.11. The molecule has 0 bridgehead atoms. The monoisotopic (exact) mass is 320 g/mol. The summed E-state index contributed by atoms with van der Waals surface area (Å²) in [6.45, 7) is 4.30. The average Bonchev–Trinajstić information content (AvgIpc) is 2.29. The SMILES string of the molecule is CC(C)OC(=O)CC1C(=O)NCCN1C(=O)CBr. The first kappa shape index (κ1) is 14.9. The van der Waals surface area contributed by atoms with Crippen LogP contribution in [-0.2, 0) is 19.1 Å². The molecule has 1 atom stereocenters. The van der Waals surface area contributed by atoms with E-state index in [9.17, 15) is 14.4 Å². The Labute approximate surface area is 114 Å². The van der Waals surface area contributed by atoms with Crippen molar-refractivity contribution in [2.75, 3.05) is 18.4 Å². The summed E-state index contributed by atoms with van der Waals surface area (Å²) in [5, 5.41) is 2.78. The molecule has 0 aromatic rings. The van der Waals surface area contributed by atoms with E-state index in [-0.39, 0.29) is 29.7 Å². The average molecular weight is 321 g/mol. The van der Waals surface area contributed by atoms with Gasteiger partial charge in [0, 0.05) is 13.1 Å². The van der Waals surface area contributed by atoms with E-state index < -0.39 is 12.0 Å². The minimum atomic E-state index is -0.768.